The van der Waals surface area contributed by atoms with E-state index in [-0.39, 0.29) is 23.7 Å². The summed E-state index contributed by atoms with van der Waals surface area (Å²) in [5.41, 5.74) is 4.01. The summed E-state index contributed by atoms with van der Waals surface area (Å²) in [5, 5.41) is 13.9. The van der Waals surface area contributed by atoms with Crippen molar-refractivity contribution in [2.45, 2.75) is 19.0 Å². The summed E-state index contributed by atoms with van der Waals surface area (Å²) >= 11 is 0. The average Bonchev–Trinajstić information content (AvgIpc) is 2.99. The highest BCUT2D eigenvalue weighted by Gasteiger charge is 2.39. The topological polar surface area (TPSA) is 108 Å². The first kappa shape index (κ1) is 26.6. The normalized spacial score (nSPS) is 19.1. The van der Waals surface area contributed by atoms with E-state index in [2.05, 4.69) is 50.8 Å². The second-order valence-corrected chi connectivity index (χ2v) is 10.7. The van der Waals surface area contributed by atoms with Gasteiger partial charge >= 0.3 is 6.03 Å². The largest absolute Gasteiger partial charge is 0.506 e. The maximum Gasteiger partial charge on any atom is 0.326 e. The van der Waals surface area contributed by atoms with Crippen molar-refractivity contribution in [3.63, 3.8) is 0 Å². The predicted octanol–water partition coefficient (Wildman–Crippen LogP) is 3.71. The number of carbonyl (C=O) groups is 2. The van der Waals surface area contributed by atoms with Crippen LogP contribution in [0, 0.1) is 0 Å². The van der Waals surface area contributed by atoms with E-state index in [9.17, 15) is 14.7 Å². The second-order valence-electron chi connectivity index (χ2n) is 10.7. The van der Waals surface area contributed by atoms with E-state index in [1.165, 1.54) is 21.6 Å². The third kappa shape index (κ3) is 4.93. The zero-order valence-corrected chi connectivity index (χ0v) is 23.3. The summed E-state index contributed by atoms with van der Waals surface area (Å²) in [5.74, 6) is 0.668. The Labute approximate surface area is 239 Å². The molecule has 212 valence electrons. The van der Waals surface area contributed by atoms with Gasteiger partial charge in [-0.15, -0.1) is 0 Å². The number of nitrogens with zero attached hydrogens (tertiary/aromatic N) is 7. The van der Waals surface area contributed by atoms with E-state index in [4.69, 9.17) is 0 Å². The zero-order chi connectivity index (χ0) is 28.7. The zero-order valence-electron chi connectivity index (χ0n) is 23.3. The van der Waals surface area contributed by atoms with E-state index >= 15 is 0 Å². The van der Waals surface area contributed by atoms with Gasteiger partial charge in [-0.25, -0.2) is 9.78 Å². The molecular formula is C30H34N8O3. The molecule has 3 amide bonds. The number of para-hydroxylation sites is 1. The molecule has 2 N–H and O–H groups in total. The van der Waals surface area contributed by atoms with Gasteiger partial charge in [-0.05, 0) is 49.9 Å². The van der Waals surface area contributed by atoms with Crippen molar-refractivity contribution in [3.8, 4) is 5.75 Å². The van der Waals surface area contributed by atoms with Crippen molar-refractivity contribution >= 4 is 40.8 Å². The lowest BCUT2D eigenvalue weighted by atomic mass is 9.93. The van der Waals surface area contributed by atoms with Crippen LogP contribution >= 0.6 is 0 Å². The van der Waals surface area contributed by atoms with Crippen LogP contribution in [0.2, 0.25) is 0 Å². The Morgan fingerprint density at radius 1 is 1.07 bits per heavy atom. The van der Waals surface area contributed by atoms with Crippen LogP contribution < -0.4 is 20.0 Å². The molecule has 41 heavy (non-hydrogen) atoms. The number of hydrogen-bond acceptors (Lipinski definition) is 8. The molecule has 1 fully saturated rings. The third-order valence-corrected chi connectivity index (χ3v) is 8.14. The number of amides is 3. The molecule has 11 nitrogen and oxygen atoms in total. The predicted molar refractivity (Wildman–Crippen MR) is 159 cm³/mol. The molecule has 1 unspecified atom stereocenters. The minimum absolute atomic E-state index is 0.00349. The summed E-state index contributed by atoms with van der Waals surface area (Å²) in [6.07, 6.45) is 3.51. The fraction of sp³-hybridized carbons (Fsp3) is 0.333. The van der Waals surface area contributed by atoms with Crippen molar-refractivity contribution < 1.29 is 14.7 Å². The van der Waals surface area contributed by atoms with Gasteiger partial charge in [0.05, 0.1) is 18.3 Å². The van der Waals surface area contributed by atoms with Crippen LogP contribution in [0.15, 0.2) is 61.3 Å². The number of aromatic hydroxyl groups is 1. The quantitative estimate of drug-likeness (QED) is 0.460. The fourth-order valence-corrected chi connectivity index (χ4v) is 5.87. The third-order valence-electron chi connectivity index (χ3n) is 8.14. The van der Waals surface area contributed by atoms with Crippen molar-refractivity contribution in [2.75, 3.05) is 66.8 Å². The smallest absolute Gasteiger partial charge is 0.326 e. The Hall–Kier alpha value is -4.64. The second kappa shape index (κ2) is 10.7. The van der Waals surface area contributed by atoms with Gasteiger partial charge in [-0.2, -0.15) is 4.98 Å². The monoisotopic (exact) mass is 554 g/mol. The number of carbonyl (C=O) groups excluding carboxylic acids is 2. The minimum Gasteiger partial charge on any atom is -0.506 e. The lowest BCUT2D eigenvalue weighted by molar-refractivity contribution is -0.114. The first-order valence-corrected chi connectivity index (χ1v) is 13.8. The molecule has 4 heterocycles. The number of urea groups is 1. The van der Waals surface area contributed by atoms with Gasteiger partial charge in [0.1, 0.15) is 11.6 Å². The first-order chi connectivity index (χ1) is 19.8. The molecule has 3 aliphatic heterocycles. The van der Waals surface area contributed by atoms with Crippen molar-refractivity contribution in [2.24, 2.45) is 0 Å². The molecule has 1 aromatic heterocycles. The molecular weight excluding hydrogens is 520 g/mol. The van der Waals surface area contributed by atoms with Gasteiger partial charge < -0.3 is 30.0 Å². The van der Waals surface area contributed by atoms with Crippen LogP contribution in [0.3, 0.4) is 0 Å². The summed E-state index contributed by atoms with van der Waals surface area (Å²) < 4.78 is 0. The maximum atomic E-state index is 13.6. The molecule has 0 bridgehead atoms. The number of phenols is 1. The Bertz CT molecular complexity index is 1490. The molecule has 0 radical (unpaired) electrons. The molecule has 2 aromatic carbocycles. The number of nitrogens with one attached hydrogen (secondary N) is 1. The van der Waals surface area contributed by atoms with Crippen molar-refractivity contribution in [1.29, 1.82) is 0 Å². The first-order valence-electron chi connectivity index (χ1n) is 13.8. The Morgan fingerprint density at radius 2 is 1.83 bits per heavy atom. The van der Waals surface area contributed by atoms with Crippen molar-refractivity contribution in [1.82, 2.24) is 19.8 Å². The van der Waals surface area contributed by atoms with Crippen LogP contribution in [-0.4, -0.2) is 83.6 Å². The van der Waals surface area contributed by atoms with Gasteiger partial charge in [0.2, 0.25) is 11.9 Å². The fourth-order valence-electron chi connectivity index (χ4n) is 5.87. The van der Waals surface area contributed by atoms with Gasteiger partial charge in [0.15, 0.2) is 0 Å². The number of fused-ring (bicyclic) bond motifs is 2. The molecule has 6 rings (SSSR count). The number of likely N-dealkylation sites (N-methyl/N-ethyl adjacent to an activating group) is 1. The van der Waals surface area contributed by atoms with E-state index in [1.54, 1.807) is 30.3 Å². The minimum atomic E-state index is -0.328. The molecule has 0 saturated carbocycles. The van der Waals surface area contributed by atoms with E-state index in [0.717, 1.165) is 43.0 Å². The molecule has 3 aromatic rings. The summed E-state index contributed by atoms with van der Waals surface area (Å²) in [6, 6.07) is 12.8. The Morgan fingerprint density at radius 3 is 2.56 bits per heavy atom. The number of anilines is 5. The van der Waals surface area contributed by atoms with Crippen molar-refractivity contribution in [3.05, 3.63) is 72.4 Å². The van der Waals surface area contributed by atoms with Gasteiger partial charge in [-0.3, -0.25) is 9.69 Å². The highest BCUT2D eigenvalue weighted by atomic mass is 16.3. The molecule has 1 saturated heterocycles. The van der Waals surface area contributed by atoms with Gasteiger partial charge in [0.25, 0.3) is 0 Å². The van der Waals surface area contributed by atoms with Gasteiger partial charge in [0, 0.05) is 68.5 Å². The molecule has 0 aliphatic carbocycles. The molecule has 11 heteroatoms. The SMILES string of the molecule is C=CC(=O)N1CCC(N2Cc3cnc(Nc4ccc(N5CCN(C)CC5)cc4)nc3N(C)C2=O)c2cccc(O)c21. The summed E-state index contributed by atoms with van der Waals surface area (Å²) in [7, 11) is 3.85. The van der Waals surface area contributed by atoms with Crippen LogP contribution in [0.1, 0.15) is 23.6 Å². The summed E-state index contributed by atoms with van der Waals surface area (Å²) in [4.78, 5) is 44.9. The lowest BCUT2D eigenvalue weighted by Crippen LogP contribution is -2.49. The summed E-state index contributed by atoms with van der Waals surface area (Å²) in [6.45, 7) is 8.37. The molecule has 3 aliphatic rings. The van der Waals surface area contributed by atoms with Gasteiger partial charge in [-0.1, -0.05) is 18.7 Å². The van der Waals surface area contributed by atoms with Crippen LogP contribution in [0.25, 0.3) is 0 Å². The van der Waals surface area contributed by atoms with Crippen LogP contribution in [0.4, 0.5) is 33.6 Å². The average molecular weight is 555 g/mol. The number of benzene rings is 2. The number of piperazine rings is 1. The lowest BCUT2D eigenvalue weighted by Gasteiger charge is -2.43. The number of aromatic nitrogens is 2. The van der Waals surface area contributed by atoms with E-state index in [1.807, 2.05) is 18.2 Å². The number of phenolic OH excluding ortho intramolecular Hbond substituents is 1. The number of hydrogen-bond donors (Lipinski definition) is 2. The van der Waals surface area contributed by atoms with Crippen LogP contribution in [-0.2, 0) is 11.3 Å². The molecule has 1 atom stereocenters. The molecule has 0 spiro atoms. The Balaban J connectivity index is 1.21. The van der Waals surface area contributed by atoms with E-state index < -0.39 is 0 Å². The van der Waals surface area contributed by atoms with Crippen LogP contribution in [0.5, 0.6) is 5.75 Å². The standard InChI is InChI=1S/C30H34N8O3/c1-4-26(40)37-13-12-24(23-6-5-7-25(39)27(23)37)38-19-20-18-31-29(33-28(20)35(3)30(38)41)32-21-8-10-22(11-9-21)36-16-14-34(2)15-17-36/h4-11,18,24,39H,1,12-17,19H2,2-3H3,(H,31,32,33). The Kier molecular flexibility index (Phi) is 6.96. The number of rotatable bonds is 5. The maximum absolute atomic E-state index is 13.6. The highest BCUT2D eigenvalue weighted by molar-refractivity contribution is 6.03. The highest BCUT2D eigenvalue weighted by Crippen LogP contribution is 2.44. The van der Waals surface area contributed by atoms with E-state index in [0.29, 0.717) is 37.0 Å².